The number of halogens is 1. The number of amides is 2. The average Bonchev–Trinajstić information content (AvgIpc) is 2.95. The van der Waals surface area contributed by atoms with E-state index in [0.717, 1.165) is 10.0 Å². The number of benzene rings is 3. The number of carbonyl (C=O) groups is 2. The van der Waals surface area contributed by atoms with Gasteiger partial charge in [-0.3, -0.25) is 14.5 Å². The first kappa shape index (κ1) is 16.1. The molecule has 2 aliphatic rings. The Labute approximate surface area is 164 Å². The molecule has 5 nitrogen and oxygen atoms in total. The van der Waals surface area contributed by atoms with Crippen molar-refractivity contribution in [3.8, 4) is 0 Å². The van der Waals surface area contributed by atoms with Crippen LogP contribution in [-0.2, 0) is 10.5 Å². The lowest BCUT2D eigenvalue weighted by Gasteiger charge is -2.44. The number of hydrogen-bond donors (Lipinski definition) is 2. The van der Waals surface area contributed by atoms with E-state index in [2.05, 4.69) is 26.6 Å². The second-order valence-corrected chi connectivity index (χ2v) is 7.41. The van der Waals surface area contributed by atoms with Crippen LogP contribution in [0, 0.1) is 0 Å². The lowest BCUT2D eigenvalue weighted by molar-refractivity contribution is -0.119. The van der Waals surface area contributed by atoms with Crippen molar-refractivity contribution in [1.82, 2.24) is 0 Å². The summed E-state index contributed by atoms with van der Waals surface area (Å²) in [4.78, 5) is 28.3. The number of nitrogens with one attached hydrogen (secondary N) is 2. The molecule has 27 heavy (non-hydrogen) atoms. The van der Waals surface area contributed by atoms with Crippen molar-refractivity contribution in [2.24, 2.45) is 0 Å². The minimum Gasteiger partial charge on any atom is -0.350 e. The molecule has 2 heterocycles. The Hall–Kier alpha value is -3.12. The number of carbonyl (C=O) groups excluding carboxylic acids is 2. The molecule has 0 aliphatic carbocycles. The van der Waals surface area contributed by atoms with Gasteiger partial charge >= 0.3 is 0 Å². The van der Waals surface area contributed by atoms with Gasteiger partial charge in [0.25, 0.3) is 11.8 Å². The third-order valence-corrected chi connectivity index (χ3v) is 5.52. The maximum atomic E-state index is 13.5. The zero-order chi connectivity index (χ0) is 18.6. The fraction of sp³-hybridized carbons (Fsp3) is 0.0476. The maximum absolute atomic E-state index is 13.5. The number of anilines is 3. The van der Waals surface area contributed by atoms with Gasteiger partial charge in [0.2, 0.25) is 5.66 Å². The van der Waals surface area contributed by atoms with E-state index in [4.69, 9.17) is 0 Å². The van der Waals surface area contributed by atoms with Crippen molar-refractivity contribution in [3.05, 3.63) is 88.4 Å². The molecule has 2 amide bonds. The average molecular weight is 420 g/mol. The topological polar surface area (TPSA) is 61.4 Å². The Morgan fingerprint density at radius 2 is 1.48 bits per heavy atom. The normalized spacial score (nSPS) is 20.1. The molecule has 3 aromatic rings. The molecule has 0 radical (unpaired) electrons. The highest BCUT2D eigenvalue weighted by Gasteiger charge is 2.56. The number of nitrogens with zero attached hydrogens (tertiary/aromatic N) is 1. The van der Waals surface area contributed by atoms with Gasteiger partial charge in [0.1, 0.15) is 0 Å². The highest BCUT2D eigenvalue weighted by atomic mass is 79.9. The lowest BCUT2D eigenvalue weighted by Crippen LogP contribution is -2.61. The van der Waals surface area contributed by atoms with Gasteiger partial charge in [-0.1, -0.05) is 46.3 Å². The summed E-state index contributed by atoms with van der Waals surface area (Å²) in [6.45, 7) is 0. The Bertz CT molecular complexity index is 1100. The van der Waals surface area contributed by atoms with Crippen molar-refractivity contribution in [2.45, 2.75) is 5.66 Å². The quantitative estimate of drug-likeness (QED) is 0.616. The van der Waals surface area contributed by atoms with Crippen LogP contribution in [0.2, 0.25) is 0 Å². The standard InChI is InChI=1S/C21H14BrN3O2/c22-13-9-11-14(12-10-13)25-19(26)15-5-1-3-7-17(15)24-21(25)16-6-2-4-8-18(16)23-20(21)27/h1-12,24H,(H,23,27)/t21-/m1/s1. The van der Waals surface area contributed by atoms with Gasteiger partial charge in [-0.25, -0.2) is 0 Å². The van der Waals surface area contributed by atoms with Crippen LogP contribution >= 0.6 is 15.9 Å². The van der Waals surface area contributed by atoms with E-state index >= 15 is 0 Å². The van der Waals surface area contributed by atoms with Crippen LogP contribution in [0.15, 0.2) is 77.3 Å². The summed E-state index contributed by atoms with van der Waals surface area (Å²) in [5, 5.41) is 6.27. The summed E-state index contributed by atoms with van der Waals surface area (Å²) in [6, 6.07) is 22.1. The van der Waals surface area contributed by atoms with E-state index in [-0.39, 0.29) is 11.8 Å². The predicted molar refractivity (Wildman–Crippen MR) is 108 cm³/mol. The molecule has 1 spiro atoms. The summed E-state index contributed by atoms with van der Waals surface area (Å²) in [7, 11) is 0. The van der Waals surface area contributed by atoms with Gasteiger partial charge in [-0.15, -0.1) is 0 Å². The largest absolute Gasteiger partial charge is 0.350 e. The van der Waals surface area contributed by atoms with Crippen LogP contribution < -0.4 is 15.5 Å². The summed E-state index contributed by atoms with van der Waals surface area (Å²) in [5.41, 5.74) is 1.89. The smallest absolute Gasteiger partial charge is 0.276 e. The van der Waals surface area contributed by atoms with Crippen LogP contribution in [0.3, 0.4) is 0 Å². The Balaban J connectivity index is 1.81. The van der Waals surface area contributed by atoms with Crippen LogP contribution in [0.25, 0.3) is 0 Å². The van der Waals surface area contributed by atoms with Crippen LogP contribution in [0.4, 0.5) is 17.1 Å². The molecule has 1 atom stereocenters. The van der Waals surface area contributed by atoms with Crippen molar-refractivity contribution in [3.63, 3.8) is 0 Å². The van der Waals surface area contributed by atoms with Crippen molar-refractivity contribution in [1.29, 1.82) is 0 Å². The van der Waals surface area contributed by atoms with Crippen molar-refractivity contribution < 1.29 is 9.59 Å². The van der Waals surface area contributed by atoms with E-state index in [1.807, 2.05) is 66.7 Å². The molecule has 2 aliphatic heterocycles. The molecular formula is C21H14BrN3O2. The highest BCUT2D eigenvalue weighted by Crippen LogP contribution is 2.47. The molecule has 6 heteroatoms. The Morgan fingerprint density at radius 3 is 2.26 bits per heavy atom. The zero-order valence-electron chi connectivity index (χ0n) is 14.1. The summed E-state index contributed by atoms with van der Waals surface area (Å²) in [6.07, 6.45) is 0. The van der Waals surface area contributed by atoms with E-state index in [0.29, 0.717) is 22.6 Å². The molecule has 0 saturated carbocycles. The molecular weight excluding hydrogens is 406 g/mol. The monoisotopic (exact) mass is 419 g/mol. The fourth-order valence-electron chi connectivity index (χ4n) is 3.79. The van der Waals surface area contributed by atoms with Gasteiger partial charge in [0.05, 0.1) is 5.56 Å². The van der Waals surface area contributed by atoms with Gasteiger partial charge < -0.3 is 10.6 Å². The molecule has 0 bridgehead atoms. The van der Waals surface area contributed by atoms with Gasteiger partial charge in [-0.2, -0.15) is 0 Å². The third-order valence-electron chi connectivity index (χ3n) is 4.99. The third kappa shape index (κ3) is 2.16. The molecule has 0 aromatic heterocycles. The maximum Gasteiger partial charge on any atom is 0.276 e. The Morgan fingerprint density at radius 1 is 0.815 bits per heavy atom. The van der Waals surface area contributed by atoms with Gasteiger partial charge in [-0.05, 0) is 42.5 Å². The fourth-order valence-corrected chi connectivity index (χ4v) is 4.06. The van der Waals surface area contributed by atoms with Crippen molar-refractivity contribution in [2.75, 3.05) is 15.5 Å². The number of para-hydroxylation sites is 2. The predicted octanol–water partition coefficient (Wildman–Crippen LogP) is 4.33. The zero-order valence-corrected chi connectivity index (χ0v) is 15.7. The van der Waals surface area contributed by atoms with Crippen LogP contribution in [0.5, 0.6) is 0 Å². The molecule has 0 fully saturated rings. The van der Waals surface area contributed by atoms with Crippen LogP contribution in [-0.4, -0.2) is 11.8 Å². The Kier molecular flexibility index (Phi) is 3.39. The summed E-state index contributed by atoms with van der Waals surface area (Å²) >= 11 is 3.42. The number of hydrogen-bond acceptors (Lipinski definition) is 3. The van der Waals surface area contributed by atoms with Gasteiger partial charge in [0, 0.05) is 27.1 Å². The first-order valence-electron chi connectivity index (χ1n) is 8.49. The molecule has 0 unspecified atom stereocenters. The van der Waals surface area contributed by atoms with Crippen LogP contribution in [0.1, 0.15) is 15.9 Å². The first-order chi connectivity index (χ1) is 13.1. The molecule has 132 valence electrons. The second kappa shape index (κ2) is 5.69. The minimum atomic E-state index is -1.34. The number of fused-ring (bicyclic) bond motifs is 3. The molecule has 5 rings (SSSR count). The number of rotatable bonds is 1. The molecule has 0 saturated heterocycles. The summed E-state index contributed by atoms with van der Waals surface area (Å²) in [5.74, 6) is -0.506. The SMILES string of the molecule is O=C1c2ccccc2N[C@@]2(C(=O)Nc3ccccc32)N1c1ccc(Br)cc1. The summed E-state index contributed by atoms with van der Waals surface area (Å²) < 4.78 is 0.898. The molecule has 3 aromatic carbocycles. The van der Waals surface area contributed by atoms with E-state index < -0.39 is 5.66 Å². The van der Waals surface area contributed by atoms with Gasteiger partial charge in [0.15, 0.2) is 0 Å². The van der Waals surface area contributed by atoms with E-state index in [1.54, 1.807) is 11.0 Å². The first-order valence-corrected chi connectivity index (χ1v) is 9.29. The van der Waals surface area contributed by atoms with Crippen molar-refractivity contribution >= 4 is 44.8 Å². The van der Waals surface area contributed by atoms with E-state index in [1.165, 1.54) is 0 Å². The minimum absolute atomic E-state index is 0.224. The highest BCUT2D eigenvalue weighted by molar-refractivity contribution is 9.10. The molecule has 2 N–H and O–H groups in total. The lowest BCUT2D eigenvalue weighted by atomic mass is 9.92. The van der Waals surface area contributed by atoms with E-state index in [9.17, 15) is 9.59 Å². The second-order valence-electron chi connectivity index (χ2n) is 6.50.